The maximum atomic E-state index is 5.77. The minimum Gasteiger partial charge on any atom is -0.330 e. The zero-order valence-corrected chi connectivity index (χ0v) is 13.0. The van der Waals surface area contributed by atoms with Crippen LogP contribution in [0.1, 0.15) is 46.2 Å². The van der Waals surface area contributed by atoms with E-state index >= 15 is 0 Å². The minimum atomic E-state index is 0.427. The molecule has 1 heteroatoms. The molecule has 0 spiro atoms. The van der Waals surface area contributed by atoms with Crippen molar-refractivity contribution in [2.75, 3.05) is 6.54 Å². The Balaban J connectivity index is 2.28. The van der Waals surface area contributed by atoms with Crippen LogP contribution in [0.5, 0.6) is 0 Å². The largest absolute Gasteiger partial charge is 0.330 e. The van der Waals surface area contributed by atoms with Crippen molar-refractivity contribution in [3.05, 3.63) is 69.8 Å². The van der Waals surface area contributed by atoms with Gasteiger partial charge >= 0.3 is 0 Å². The second-order valence-corrected chi connectivity index (χ2v) is 5.92. The molecule has 0 saturated carbocycles. The van der Waals surface area contributed by atoms with Gasteiger partial charge in [0.25, 0.3) is 0 Å². The molecule has 0 aliphatic rings. The first-order chi connectivity index (χ1) is 9.51. The third kappa shape index (κ3) is 3.29. The summed E-state index contributed by atoms with van der Waals surface area (Å²) in [4.78, 5) is 0. The molecule has 0 fully saturated rings. The molecular formula is C19H25N. The van der Waals surface area contributed by atoms with Gasteiger partial charge in [0.2, 0.25) is 0 Å². The summed E-state index contributed by atoms with van der Waals surface area (Å²) in [6.45, 7) is 9.45. The number of aryl methyl sites for hydroxylation is 3. The second-order valence-electron chi connectivity index (χ2n) is 5.92. The van der Waals surface area contributed by atoms with Crippen LogP contribution >= 0.6 is 0 Å². The molecule has 106 valence electrons. The Kier molecular flexibility index (Phi) is 4.61. The molecule has 0 amide bonds. The molecule has 2 N–H and O–H groups in total. The molecule has 2 aromatic carbocycles. The van der Waals surface area contributed by atoms with Gasteiger partial charge in [-0.25, -0.2) is 0 Å². The van der Waals surface area contributed by atoms with E-state index in [1.54, 1.807) is 0 Å². The summed E-state index contributed by atoms with van der Waals surface area (Å²) in [5, 5.41) is 0. The molecule has 2 aromatic rings. The monoisotopic (exact) mass is 267 g/mol. The normalized spacial score (nSPS) is 12.4. The van der Waals surface area contributed by atoms with Gasteiger partial charge in [-0.2, -0.15) is 0 Å². The molecule has 20 heavy (non-hydrogen) atoms. The number of hydrogen-bond donors (Lipinski definition) is 1. The van der Waals surface area contributed by atoms with Crippen molar-refractivity contribution in [1.29, 1.82) is 0 Å². The van der Waals surface area contributed by atoms with E-state index in [1.807, 2.05) is 0 Å². The highest BCUT2D eigenvalue weighted by Gasteiger charge is 2.06. The van der Waals surface area contributed by atoms with Gasteiger partial charge in [0.05, 0.1) is 0 Å². The number of nitrogens with two attached hydrogens (primary N) is 1. The van der Waals surface area contributed by atoms with Crippen LogP contribution in [-0.2, 0) is 6.42 Å². The first-order valence-corrected chi connectivity index (χ1v) is 7.37. The highest BCUT2D eigenvalue weighted by molar-refractivity contribution is 5.40. The van der Waals surface area contributed by atoms with Crippen LogP contribution in [0.2, 0.25) is 0 Å². The van der Waals surface area contributed by atoms with Gasteiger partial charge in [-0.15, -0.1) is 0 Å². The molecule has 0 aliphatic heterocycles. The van der Waals surface area contributed by atoms with Crippen LogP contribution in [0.25, 0.3) is 0 Å². The Labute approximate surface area is 122 Å². The molecule has 1 nitrogen and oxygen atoms in total. The fourth-order valence-corrected chi connectivity index (χ4v) is 2.58. The van der Waals surface area contributed by atoms with E-state index in [0.717, 1.165) is 6.42 Å². The van der Waals surface area contributed by atoms with Crippen molar-refractivity contribution in [3.63, 3.8) is 0 Å². The summed E-state index contributed by atoms with van der Waals surface area (Å²) in [6, 6.07) is 13.4. The maximum Gasteiger partial charge on any atom is -0.00109 e. The molecule has 0 bridgehead atoms. The molecule has 2 rings (SSSR count). The predicted molar refractivity (Wildman–Crippen MR) is 87.4 cm³/mol. The van der Waals surface area contributed by atoms with Gasteiger partial charge in [0.1, 0.15) is 0 Å². The summed E-state index contributed by atoms with van der Waals surface area (Å²) in [6.07, 6.45) is 0.998. The van der Waals surface area contributed by atoms with Gasteiger partial charge in [-0.3, -0.25) is 0 Å². The standard InChI is InChI=1S/C19H25N/c1-13-8-15(3)19(9-14(13)2)11-17-6-5-7-18(10-17)16(4)12-20/h5-10,16H,11-12,20H2,1-4H3. The molecule has 0 radical (unpaired) electrons. The van der Waals surface area contributed by atoms with E-state index < -0.39 is 0 Å². The van der Waals surface area contributed by atoms with Crippen LogP contribution in [0.15, 0.2) is 36.4 Å². The lowest BCUT2D eigenvalue weighted by Gasteiger charge is -2.13. The van der Waals surface area contributed by atoms with Gasteiger partial charge < -0.3 is 5.73 Å². The number of hydrogen-bond acceptors (Lipinski definition) is 1. The summed E-state index contributed by atoms with van der Waals surface area (Å²) >= 11 is 0. The fraction of sp³-hybridized carbons (Fsp3) is 0.368. The predicted octanol–water partition coefficient (Wildman–Crippen LogP) is 4.26. The van der Waals surface area contributed by atoms with Gasteiger partial charge in [0, 0.05) is 0 Å². The van der Waals surface area contributed by atoms with Gasteiger partial charge in [0.15, 0.2) is 0 Å². The highest BCUT2D eigenvalue weighted by atomic mass is 14.5. The Bertz CT molecular complexity index is 599. The first-order valence-electron chi connectivity index (χ1n) is 7.37. The van der Waals surface area contributed by atoms with Crippen molar-refractivity contribution in [3.8, 4) is 0 Å². The van der Waals surface area contributed by atoms with Crippen LogP contribution in [0, 0.1) is 20.8 Å². The Morgan fingerprint density at radius 3 is 2.35 bits per heavy atom. The average molecular weight is 267 g/mol. The average Bonchev–Trinajstić information content (AvgIpc) is 2.44. The number of benzene rings is 2. The molecule has 0 heterocycles. The zero-order valence-electron chi connectivity index (χ0n) is 13.0. The number of rotatable bonds is 4. The summed E-state index contributed by atoms with van der Waals surface area (Å²) in [5.41, 5.74) is 14.0. The second kappa shape index (κ2) is 6.23. The Morgan fingerprint density at radius 1 is 0.950 bits per heavy atom. The highest BCUT2D eigenvalue weighted by Crippen LogP contribution is 2.21. The molecule has 0 aliphatic carbocycles. The van der Waals surface area contributed by atoms with Crippen molar-refractivity contribution < 1.29 is 0 Å². The first kappa shape index (κ1) is 14.8. The summed E-state index contributed by atoms with van der Waals surface area (Å²) in [7, 11) is 0. The summed E-state index contributed by atoms with van der Waals surface area (Å²) < 4.78 is 0. The third-order valence-corrected chi connectivity index (χ3v) is 4.22. The van der Waals surface area contributed by atoms with Crippen LogP contribution in [-0.4, -0.2) is 6.54 Å². The molecule has 0 saturated heterocycles. The van der Waals surface area contributed by atoms with E-state index in [-0.39, 0.29) is 0 Å². The SMILES string of the molecule is Cc1cc(C)c(Cc2cccc(C(C)CN)c2)cc1C. The van der Waals surface area contributed by atoms with E-state index in [4.69, 9.17) is 5.73 Å². The molecular weight excluding hydrogens is 242 g/mol. The van der Waals surface area contributed by atoms with Gasteiger partial charge in [-0.05, 0) is 73.0 Å². The van der Waals surface area contributed by atoms with Crippen molar-refractivity contribution in [2.45, 2.75) is 40.0 Å². The molecule has 1 atom stereocenters. The van der Waals surface area contributed by atoms with Crippen molar-refractivity contribution in [1.82, 2.24) is 0 Å². The van der Waals surface area contributed by atoms with Crippen molar-refractivity contribution >= 4 is 0 Å². The zero-order chi connectivity index (χ0) is 14.7. The quantitative estimate of drug-likeness (QED) is 0.880. The lowest BCUT2D eigenvalue weighted by Crippen LogP contribution is -2.09. The fourth-order valence-electron chi connectivity index (χ4n) is 2.58. The van der Waals surface area contributed by atoms with E-state index in [0.29, 0.717) is 12.5 Å². The Hall–Kier alpha value is -1.60. The Morgan fingerprint density at radius 2 is 1.65 bits per heavy atom. The lowest BCUT2D eigenvalue weighted by atomic mass is 9.93. The summed E-state index contributed by atoms with van der Waals surface area (Å²) in [5.74, 6) is 0.427. The van der Waals surface area contributed by atoms with Gasteiger partial charge in [-0.1, -0.05) is 43.3 Å². The van der Waals surface area contributed by atoms with Crippen LogP contribution < -0.4 is 5.73 Å². The molecule has 1 unspecified atom stereocenters. The van der Waals surface area contributed by atoms with E-state index in [1.165, 1.54) is 33.4 Å². The van der Waals surface area contributed by atoms with Crippen molar-refractivity contribution in [2.24, 2.45) is 5.73 Å². The van der Waals surface area contributed by atoms with Crippen LogP contribution in [0.3, 0.4) is 0 Å². The smallest absolute Gasteiger partial charge is 0.00109 e. The lowest BCUT2D eigenvalue weighted by molar-refractivity contribution is 0.772. The van der Waals surface area contributed by atoms with E-state index in [2.05, 4.69) is 64.1 Å². The minimum absolute atomic E-state index is 0.427. The maximum absolute atomic E-state index is 5.77. The third-order valence-electron chi connectivity index (χ3n) is 4.22. The topological polar surface area (TPSA) is 26.0 Å². The molecule has 0 aromatic heterocycles. The van der Waals surface area contributed by atoms with Crippen LogP contribution in [0.4, 0.5) is 0 Å². The van der Waals surface area contributed by atoms with E-state index in [9.17, 15) is 0 Å².